The van der Waals surface area contributed by atoms with Gasteiger partial charge in [0.15, 0.2) is 5.78 Å². The molecule has 0 N–H and O–H groups in total. The summed E-state index contributed by atoms with van der Waals surface area (Å²) in [4.78, 5) is 13.9. The maximum atomic E-state index is 13.2. The molecule has 0 amide bonds. The van der Waals surface area contributed by atoms with E-state index in [9.17, 15) is 9.00 Å². The molecule has 2 aliphatic carbocycles. The van der Waals surface area contributed by atoms with Crippen LogP contribution in [0.15, 0.2) is 47.4 Å². The lowest BCUT2D eigenvalue weighted by molar-refractivity contribution is -0.0325. The summed E-state index contributed by atoms with van der Waals surface area (Å²) in [6, 6.07) is 13.5. The highest BCUT2D eigenvalue weighted by atomic mass is 32.2. The highest BCUT2D eigenvalue weighted by Gasteiger charge is 2.52. The Morgan fingerprint density at radius 1 is 1.12 bits per heavy atom. The van der Waals surface area contributed by atoms with E-state index in [-0.39, 0.29) is 23.0 Å². The molecular formula is C28H36O4S. The quantitative estimate of drug-likeness (QED) is 0.464. The van der Waals surface area contributed by atoms with Gasteiger partial charge in [-0.1, -0.05) is 38.5 Å². The van der Waals surface area contributed by atoms with Crippen molar-refractivity contribution in [2.45, 2.75) is 62.7 Å². The van der Waals surface area contributed by atoms with Crippen molar-refractivity contribution in [3.63, 3.8) is 0 Å². The highest BCUT2D eigenvalue weighted by Crippen LogP contribution is 2.57. The third-order valence-electron chi connectivity index (χ3n) is 8.09. The zero-order valence-corrected chi connectivity index (χ0v) is 21.1. The Balaban J connectivity index is 1.60. The Bertz CT molecular complexity index is 1030. The topological polar surface area (TPSA) is 52.6 Å². The van der Waals surface area contributed by atoms with Crippen molar-refractivity contribution in [2.24, 2.45) is 11.3 Å². The Labute approximate surface area is 200 Å². The zero-order chi connectivity index (χ0) is 23.6. The summed E-state index contributed by atoms with van der Waals surface area (Å²) < 4.78 is 24.0. The van der Waals surface area contributed by atoms with Crippen LogP contribution in [0.25, 0.3) is 0 Å². The zero-order valence-electron chi connectivity index (χ0n) is 20.3. The second-order valence-electron chi connectivity index (χ2n) is 10.2. The molecule has 5 heteroatoms. The predicted octanol–water partition coefficient (Wildman–Crippen LogP) is 5.73. The summed E-state index contributed by atoms with van der Waals surface area (Å²) in [6.07, 6.45) is 5.85. The molecule has 4 nitrogen and oxygen atoms in total. The maximum Gasteiger partial charge on any atom is 0.167 e. The number of hydrogen-bond acceptors (Lipinski definition) is 4. The first-order valence-electron chi connectivity index (χ1n) is 12.0. The molecule has 178 valence electrons. The van der Waals surface area contributed by atoms with Crippen LogP contribution in [0.4, 0.5) is 0 Å². The number of benzene rings is 2. The van der Waals surface area contributed by atoms with Crippen molar-refractivity contribution >= 4 is 16.6 Å². The first kappa shape index (κ1) is 24.2. The minimum absolute atomic E-state index is 0.000858. The molecule has 4 atom stereocenters. The van der Waals surface area contributed by atoms with Crippen LogP contribution in [0.2, 0.25) is 0 Å². The van der Waals surface area contributed by atoms with Gasteiger partial charge in [-0.3, -0.25) is 9.00 Å². The van der Waals surface area contributed by atoms with Gasteiger partial charge in [-0.2, -0.15) is 0 Å². The molecule has 0 saturated heterocycles. The summed E-state index contributed by atoms with van der Waals surface area (Å²) in [5.41, 5.74) is 3.45. The first-order chi connectivity index (χ1) is 15.8. The second kappa shape index (κ2) is 9.71. The number of rotatable bonds is 8. The third-order valence-corrected chi connectivity index (χ3v) is 9.47. The minimum atomic E-state index is -1.18. The number of carbonyl (C=O) groups is 1. The van der Waals surface area contributed by atoms with Crippen LogP contribution in [-0.4, -0.2) is 36.6 Å². The van der Waals surface area contributed by atoms with Gasteiger partial charge in [-0.05, 0) is 77.8 Å². The molecule has 2 aliphatic rings. The summed E-state index contributed by atoms with van der Waals surface area (Å²) in [5.74, 6) is 1.51. The Morgan fingerprint density at radius 2 is 1.88 bits per heavy atom. The fourth-order valence-electron chi connectivity index (χ4n) is 6.53. The van der Waals surface area contributed by atoms with E-state index in [1.165, 1.54) is 24.0 Å². The van der Waals surface area contributed by atoms with Gasteiger partial charge in [0.25, 0.3) is 0 Å². The largest absolute Gasteiger partial charge is 0.496 e. The van der Waals surface area contributed by atoms with E-state index in [2.05, 4.69) is 26.0 Å². The van der Waals surface area contributed by atoms with Gasteiger partial charge < -0.3 is 9.47 Å². The number of carbonyl (C=O) groups excluding carboxylic acids is 1. The van der Waals surface area contributed by atoms with Crippen LogP contribution in [0.5, 0.6) is 5.75 Å². The highest BCUT2D eigenvalue weighted by molar-refractivity contribution is 7.85. The van der Waals surface area contributed by atoms with Gasteiger partial charge in [-0.15, -0.1) is 0 Å². The minimum Gasteiger partial charge on any atom is -0.496 e. The monoisotopic (exact) mass is 468 g/mol. The molecule has 0 aliphatic heterocycles. The summed E-state index contributed by atoms with van der Waals surface area (Å²) in [6.45, 7) is 5.56. The van der Waals surface area contributed by atoms with Gasteiger partial charge in [0.05, 0.1) is 30.1 Å². The number of Topliss-reactive ketones (excluding diaryl/α,β-unsaturated/α-hetero) is 1. The van der Waals surface area contributed by atoms with Gasteiger partial charge in [0, 0.05) is 24.2 Å². The summed E-state index contributed by atoms with van der Waals surface area (Å²) in [7, 11) is 2.26. The lowest BCUT2D eigenvalue weighted by Gasteiger charge is -2.55. The number of ketones is 1. The molecule has 1 saturated carbocycles. The Kier molecular flexibility index (Phi) is 7.11. The molecule has 0 aromatic heterocycles. The molecule has 0 spiro atoms. The van der Waals surface area contributed by atoms with Crippen LogP contribution < -0.4 is 4.74 Å². The number of hydrogen-bond donors (Lipinski definition) is 0. The van der Waals surface area contributed by atoms with E-state index in [1.54, 1.807) is 14.2 Å². The van der Waals surface area contributed by atoms with Gasteiger partial charge in [0.2, 0.25) is 0 Å². The molecule has 1 unspecified atom stereocenters. The van der Waals surface area contributed by atoms with E-state index in [0.717, 1.165) is 30.8 Å². The second-order valence-corrected chi connectivity index (χ2v) is 11.8. The Morgan fingerprint density at radius 3 is 2.58 bits per heavy atom. The average Bonchev–Trinajstić information content (AvgIpc) is 2.82. The number of aryl methyl sites for hydroxylation is 1. The lowest BCUT2D eigenvalue weighted by atomic mass is 9.50. The van der Waals surface area contributed by atoms with E-state index in [0.29, 0.717) is 23.0 Å². The molecule has 1 fully saturated rings. The van der Waals surface area contributed by atoms with Crippen LogP contribution in [-0.2, 0) is 27.4 Å². The van der Waals surface area contributed by atoms with Crippen molar-refractivity contribution < 1.29 is 18.5 Å². The first-order valence-corrected chi connectivity index (χ1v) is 13.3. The maximum absolute atomic E-state index is 13.2. The van der Waals surface area contributed by atoms with Crippen molar-refractivity contribution in [3.8, 4) is 5.75 Å². The van der Waals surface area contributed by atoms with Gasteiger partial charge >= 0.3 is 0 Å². The molecule has 0 heterocycles. The van der Waals surface area contributed by atoms with Crippen molar-refractivity contribution in [3.05, 3.63) is 59.2 Å². The molecular weight excluding hydrogens is 432 g/mol. The molecule has 0 bridgehead atoms. The molecule has 0 radical (unpaired) electrons. The lowest BCUT2D eigenvalue weighted by Crippen LogP contribution is -2.50. The van der Waals surface area contributed by atoms with Crippen LogP contribution in [0.3, 0.4) is 0 Å². The van der Waals surface area contributed by atoms with Crippen LogP contribution in [0, 0.1) is 11.3 Å². The molecule has 2 aromatic carbocycles. The van der Waals surface area contributed by atoms with Crippen molar-refractivity contribution in [2.75, 3.05) is 26.6 Å². The summed E-state index contributed by atoms with van der Waals surface area (Å²) in [5, 5.41) is 0. The van der Waals surface area contributed by atoms with E-state index >= 15 is 0 Å². The number of methoxy groups -OCH3 is 2. The predicted molar refractivity (Wildman–Crippen MR) is 133 cm³/mol. The fourth-order valence-corrected chi connectivity index (χ4v) is 7.60. The average molecular weight is 469 g/mol. The fraction of sp³-hybridized carbons (Fsp3) is 0.536. The summed E-state index contributed by atoms with van der Waals surface area (Å²) >= 11 is 0. The standard InChI is InChI=1S/C28H36O4S/c1-27(19-31-3)14-8-15-28(2)23-18-25(32-4)22(17-20(23)11-12-26(27)28)24(29)13-16-33(30)21-9-6-5-7-10-21/h5-7,9-10,17-18,26H,8,11-16,19H2,1-4H3/t26-,27+,28+,33?/m0/s1. The normalized spacial score (nSPS) is 27.3. The molecule has 4 rings (SSSR count). The van der Waals surface area contributed by atoms with Crippen LogP contribution in [0.1, 0.15) is 67.4 Å². The SMILES string of the molecule is COC[C@@]1(C)CCC[C@]2(C)c3cc(OC)c(C(=O)CCS(=O)c4ccccc4)cc3CC[C@@H]12. The number of ether oxygens (including phenoxy) is 2. The van der Waals surface area contributed by atoms with E-state index in [1.807, 2.05) is 30.3 Å². The van der Waals surface area contributed by atoms with Crippen LogP contribution >= 0.6 is 0 Å². The van der Waals surface area contributed by atoms with E-state index in [4.69, 9.17) is 9.47 Å². The number of fused-ring (bicyclic) bond motifs is 3. The molecule has 33 heavy (non-hydrogen) atoms. The van der Waals surface area contributed by atoms with E-state index < -0.39 is 10.8 Å². The molecule has 2 aromatic rings. The smallest absolute Gasteiger partial charge is 0.167 e. The van der Waals surface area contributed by atoms with Crippen molar-refractivity contribution in [1.82, 2.24) is 0 Å². The Hall–Kier alpha value is -1.98. The third kappa shape index (κ3) is 4.54. The van der Waals surface area contributed by atoms with Gasteiger partial charge in [-0.25, -0.2) is 0 Å². The van der Waals surface area contributed by atoms with Gasteiger partial charge in [0.1, 0.15) is 5.75 Å². The van der Waals surface area contributed by atoms with Crippen molar-refractivity contribution in [1.29, 1.82) is 0 Å².